The second-order valence-electron chi connectivity index (χ2n) is 3.38. The zero-order chi connectivity index (χ0) is 13.3. The third-order valence-corrected chi connectivity index (χ3v) is 3.79. The molecule has 0 aliphatic carbocycles. The molecule has 0 aliphatic rings. The second kappa shape index (κ2) is 5.14. The van der Waals surface area contributed by atoms with E-state index in [0.29, 0.717) is 14.2 Å². The van der Waals surface area contributed by atoms with E-state index in [1.54, 1.807) is 0 Å². The Bertz CT molecular complexity index is 661. The first-order valence-corrected chi connectivity index (χ1v) is 6.64. The summed E-state index contributed by atoms with van der Waals surface area (Å²) >= 11 is 2.90. The highest BCUT2D eigenvalue weighted by Crippen LogP contribution is 2.31. The zero-order valence-corrected chi connectivity index (χ0v) is 11.9. The molecule has 1 heterocycles. The van der Waals surface area contributed by atoms with Gasteiger partial charge in [-0.3, -0.25) is 4.79 Å². The number of hydrogen-bond acceptors (Lipinski definition) is 5. The van der Waals surface area contributed by atoms with Gasteiger partial charge in [-0.1, -0.05) is 0 Å². The number of nitrogens with zero attached hydrogens (tertiary/aromatic N) is 1. The highest BCUT2D eigenvalue weighted by atomic mass is 127. The van der Waals surface area contributed by atoms with Gasteiger partial charge in [-0.2, -0.15) is 0 Å². The molecule has 2 rings (SSSR count). The molecule has 0 radical (unpaired) electrons. The summed E-state index contributed by atoms with van der Waals surface area (Å²) in [5.41, 5.74) is 11.3. The van der Waals surface area contributed by atoms with Crippen LogP contribution in [0.15, 0.2) is 33.0 Å². The van der Waals surface area contributed by atoms with Crippen LogP contribution in [0.25, 0.3) is 0 Å². The standard InChI is InChI=1S/C10H8FIN4OS/c11-4-1-7(6(13)2-5(4)12)18-10-15-8(14)3-9(17)16-10/h1-3H,13H2,(H3,14,15,16,17). The molecule has 2 aromatic rings. The van der Waals surface area contributed by atoms with Gasteiger partial charge in [0.15, 0.2) is 5.16 Å². The van der Waals surface area contributed by atoms with E-state index in [-0.39, 0.29) is 22.4 Å². The highest BCUT2D eigenvalue weighted by molar-refractivity contribution is 14.1. The van der Waals surface area contributed by atoms with Crippen molar-refractivity contribution in [1.82, 2.24) is 9.97 Å². The van der Waals surface area contributed by atoms with E-state index in [1.165, 1.54) is 18.2 Å². The van der Waals surface area contributed by atoms with Crippen LogP contribution in [0.5, 0.6) is 0 Å². The minimum Gasteiger partial charge on any atom is -0.398 e. The van der Waals surface area contributed by atoms with Crippen molar-refractivity contribution < 1.29 is 4.39 Å². The smallest absolute Gasteiger partial charge is 0.253 e. The monoisotopic (exact) mass is 378 g/mol. The predicted molar refractivity (Wildman–Crippen MR) is 76.9 cm³/mol. The van der Waals surface area contributed by atoms with E-state index in [2.05, 4.69) is 9.97 Å². The third kappa shape index (κ3) is 2.93. The van der Waals surface area contributed by atoms with Crippen LogP contribution in [0.2, 0.25) is 0 Å². The molecule has 0 spiro atoms. The molecule has 0 saturated carbocycles. The van der Waals surface area contributed by atoms with E-state index in [1.807, 2.05) is 22.6 Å². The number of hydrogen-bond donors (Lipinski definition) is 3. The number of benzene rings is 1. The third-order valence-electron chi connectivity index (χ3n) is 2.00. The van der Waals surface area contributed by atoms with Crippen LogP contribution in [0.3, 0.4) is 0 Å². The van der Waals surface area contributed by atoms with Crippen molar-refractivity contribution in [3.05, 3.63) is 37.9 Å². The lowest BCUT2D eigenvalue weighted by molar-refractivity contribution is 0.617. The lowest BCUT2D eigenvalue weighted by atomic mass is 10.3. The maximum atomic E-state index is 13.4. The van der Waals surface area contributed by atoms with Crippen molar-refractivity contribution in [2.24, 2.45) is 0 Å². The van der Waals surface area contributed by atoms with E-state index in [4.69, 9.17) is 11.5 Å². The molecular formula is C10H8FIN4OS. The summed E-state index contributed by atoms with van der Waals surface area (Å²) in [7, 11) is 0. The number of nitrogens with two attached hydrogens (primary N) is 2. The average molecular weight is 378 g/mol. The number of aromatic amines is 1. The lowest BCUT2D eigenvalue weighted by Crippen LogP contribution is -2.09. The summed E-state index contributed by atoms with van der Waals surface area (Å²) in [6.07, 6.45) is 0. The van der Waals surface area contributed by atoms with E-state index >= 15 is 0 Å². The Kier molecular flexibility index (Phi) is 3.76. The number of H-pyrrole nitrogens is 1. The van der Waals surface area contributed by atoms with Crippen LogP contribution in [0, 0.1) is 9.39 Å². The summed E-state index contributed by atoms with van der Waals surface area (Å²) in [6.45, 7) is 0. The van der Waals surface area contributed by atoms with E-state index in [0.717, 1.165) is 11.8 Å². The molecule has 0 bridgehead atoms. The summed E-state index contributed by atoms with van der Waals surface area (Å²) in [5, 5.41) is 0.271. The van der Waals surface area contributed by atoms with Gasteiger partial charge in [-0.15, -0.1) is 0 Å². The number of nitrogen functional groups attached to an aromatic ring is 2. The second-order valence-corrected chi connectivity index (χ2v) is 5.57. The number of nitrogens with one attached hydrogen (secondary N) is 1. The zero-order valence-electron chi connectivity index (χ0n) is 8.91. The van der Waals surface area contributed by atoms with Crippen LogP contribution < -0.4 is 17.0 Å². The summed E-state index contributed by atoms with van der Waals surface area (Å²) < 4.78 is 13.9. The molecule has 18 heavy (non-hydrogen) atoms. The van der Waals surface area contributed by atoms with Crippen molar-refractivity contribution in [2.75, 3.05) is 11.5 Å². The Labute approximate surface area is 119 Å². The summed E-state index contributed by atoms with van der Waals surface area (Å²) in [4.78, 5) is 18.1. The first-order valence-electron chi connectivity index (χ1n) is 4.75. The molecule has 0 atom stereocenters. The lowest BCUT2D eigenvalue weighted by Gasteiger charge is -2.06. The van der Waals surface area contributed by atoms with Crippen molar-refractivity contribution in [3.63, 3.8) is 0 Å². The molecule has 8 heteroatoms. The minimum atomic E-state index is -0.376. The number of halogens is 2. The van der Waals surface area contributed by atoms with E-state index < -0.39 is 0 Å². The molecule has 0 fully saturated rings. The molecule has 1 aromatic heterocycles. The van der Waals surface area contributed by atoms with Gasteiger partial charge in [-0.25, -0.2) is 9.37 Å². The minimum absolute atomic E-state index is 0.103. The molecule has 0 saturated heterocycles. The topological polar surface area (TPSA) is 97.8 Å². The summed E-state index contributed by atoms with van der Waals surface area (Å²) in [5.74, 6) is -0.274. The van der Waals surface area contributed by atoms with Crippen molar-refractivity contribution in [2.45, 2.75) is 10.1 Å². The summed E-state index contributed by atoms with van der Waals surface area (Å²) in [6, 6.07) is 3.98. The van der Waals surface area contributed by atoms with Gasteiger partial charge in [0, 0.05) is 16.6 Å². The van der Waals surface area contributed by atoms with Crippen LogP contribution in [0.1, 0.15) is 0 Å². The Morgan fingerprint density at radius 2 is 2.06 bits per heavy atom. The fourth-order valence-corrected chi connectivity index (χ4v) is 2.58. The highest BCUT2D eigenvalue weighted by Gasteiger charge is 2.09. The van der Waals surface area contributed by atoms with Gasteiger partial charge in [-0.05, 0) is 46.5 Å². The maximum absolute atomic E-state index is 13.4. The maximum Gasteiger partial charge on any atom is 0.253 e. The predicted octanol–water partition coefficient (Wildman–Crippen LogP) is 1.83. The molecule has 5 N–H and O–H groups in total. The fourth-order valence-electron chi connectivity index (χ4n) is 1.24. The number of rotatable bonds is 2. The van der Waals surface area contributed by atoms with Gasteiger partial charge in [0.25, 0.3) is 5.56 Å². The first-order chi connectivity index (χ1) is 8.45. The first kappa shape index (κ1) is 13.1. The average Bonchev–Trinajstić information content (AvgIpc) is 2.24. The van der Waals surface area contributed by atoms with Crippen molar-refractivity contribution >= 4 is 45.9 Å². The SMILES string of the molecule is Nc1cc(=O)[nH]c(Sc2cc(F)c(I)cc2N)n1. The largest absolute Gasteiger partial charge is 0.398 e. The van der Waals surface area contributed by atoms with Gasteiger partial charge >= 0.3 is 0 Å². The van der Waals surface area contributed by atoms with Gasteiger partial charge in [0.1, 0.15) is 11.6 Å². The molecular weight excluding hydrogens is 370 g/mol. The molecule has 1 aromatic carbocycles. The Hall–Kier alpha value is -1.29. The van der Waals surface area contributed by atoms with E-state index in [9.17, 15) is 9.18 Å². The molecule has 5 nitrogen and oxygen atoms in total. The number of aromatic nitrogens is 2. The van der Waals surface area contributed by atoms with Crippen molar-refractivity contribution in [1.29, 1.82) is 0 Å². The molecule has 0 unspecified atom stereocenters. The molecule has 94 valence electrons. The Balaban J connectivity index is 2.39. The van der Waals surface area contributed by atoms with Crippen LogP contribution in [-0.4, -0.2) is 9.97 Å². The van der Waals surface area contributed by atoms with Crippen LogP contribution >= 0.6 is 34.4 Å². The van der Waals surface area contributed by atoms with Crippen molar-refractivity contribution in [3.8, 4) is 0 Å². The number of anilines is 2. The normalized spacial score (nSPS) is 10.6. The van der Waals surface area contributed by atoms with Gasteiger partial charge < -0.3 is 16.5 Å². The molecule has 0 amide bonds. The quantitative estimate of drug-likeness (QED) is 0.421. The van der Waals surface area contributed by atoms with Gasteiger partial charge in [0.05, 0.1) is 3.57 Å². The fraction of sp³-hybridized carbons (Fsp3) is 0. The Morgan fingerprint density at radius 3 is 2.72 bits per heavy atom. The Morgan fingerprint density at radius 1 is 1.33 bits per heavy atom. The molecule has 0 aliphatic heterocycles. The van der Waals surface area contributed by atoms with Crippen LogP contribution in [0.4, 0.5) is 15.9 Å². The van der Waals surface area contributed by atoms with Crippen LogP contribution in [-0.2, 0) is 0 Å². The van der Waals surface area contributed by atoms with Gasteiger partial charge in [0.2, 0.25) is 0 Å².